The second-order valence-electron chi connectivity index (χ2n) is 6.09. The van der Waals surface area contributed by atoms with Crippen molar-refractivity contribution in [2.24, 2.45) is 27.6 Å². The van der Waals surface area contributed by atoms with E-state index in [-0.39, 0.29) is 17.3 Å². The number of urea groups is 1. The molecular formula is C14H25N3O3. The quantitative estimate of drug-likeness (QED) is 0.469. The van der Waals surface area contributed by atoms with Crippen LogP contribution >= 0.6 is 0 Å². The average Bonchev–Trinajstić information content (AvgIpc) is 2.59. The highest BCUT2D eigenvalue weighted by Crippen LogP contribution is 2.56. The predicted octanol–water partition coefficient (Wildman–Crippen LogP) is 2.04. The third-order valence-electron chi connectivity index (χ3n) is 4.80. The highest BCUT2D eigenvalue weighted by molar-refractivity contribution is 5.89. The molecule has 6 nitrogen and oxygen atoms in total. The van der Waals surface area contributed by atoms with E-state index in [4.69, 9.17) is 10.5 Å². The first-order valence-corrected chi connectivity index (χ1v) is 6.93. The summed E-state index contributed by atoms with van der Waals surface area (Å²) in [5.41, 5.74) is 7.20. The average molecular weight is 283 g/mol. The molecule has 3 N–H and O–H groups in total. The number of carbonyl (C=O) groups excluding carboxylic acids is 2. The summed E-state index contributed by atoms with van der Waals surface area (Å²) >= 11 is 0. The standard InChI is InChI=1S/C14H25N3O3/c1-6-20-11(18)14(5)8-7-10(13(14,3)4)9(2)16-17-12(15)19/h10H,6-8H2,1-5H3,(H3,15,17,19)/b16-9-/t10-,14+/m1/s1. The Morgan fingerprint density at radius 2 is 2.00 bits per heavy atom. The number of nitrogens with two attached hydrogens (primary N) is 1. The molecule has 0 unspecified atom stereocenters. The lowest BCUT2D eigenvalue weighted by Crippen LogP contribution is -2.43. The van der Waals surface area contributed by atoms with E-state index < -0.39 is 11.4 Å². The number of rotatable bonds is 4. The molecule has 0 aromatic heterocycles. The number of hydrogen-bond donors (Lipinski definition) is 2. The van der Waals surface area contributed by atoms with Crippen LogP contribution in [0.5, 0.6) is 0 Å². The van der Waals surface area contributed by atoms with Crippen LogP contribution in [0, 0.1) is 16.7 Å². The lowest BCUT2D eigenvalue weighted by molar-refractivity contribution is -0.160. The Morgan fingerprint density at radius 3 is 2.50 bits per heavy atom. The van der Waals surface area contributed by atoms with Gasteiger partial charge in [0.1, 0.15) is 0 Å². The summed E-state index contributed by atoms with van der Waals surface area (Å²) in [6, 6.07) is -0.687. The molecule has 6 heteroatoms. The van der Waals surface area contributed by atoms with Crippen molar-refractivity contribution in [3.05, 3.63) is 0 Å². The SMILES string of the molecule is CCOC(=O)[C@]1(C)CC[C@H](/C(C)=N\NC(N)=O)C1(C)C. The van der Waals surface area contributed by atoms with E-state index in [9.17, 15) is 9.59 Å². The number of nitrogens with one attached hydrogen (secondary N) is 1. The van der Waals surface area contributed by atoms with Gasteiger partial charge in [-0.05, 0) is 39.0 Å². The van der Waals surface area contributed by atoms with Crippen LogP contribution in [-0.2, 0) is 9.53 Å². The molecular weight excluding hydrogens is 258 g/mol. The molecule has 0 aromatic rings. The van der Waals surface area contributed by atoms with Gasteiger partial charge >= 0.3 is 12.0 Å². The van der Waals surface area contributed by atoms with Crippen molar-refractivity contribution >= 4 is 17.7 Å². The molecule has 0 saturated heterocycles. The lowest BCUT2D eigenvalue weighted by Gasteiger charge is -2.39. The molecule has 1 rings (SSSR count). The lowest BCUT2D eigenvalue weighted by atomic mass is 9.65. The fourth-order valence-electron chi connectivity index (χ4n) is 3.11. The summed E-state index contributed by atoms with van der Waals surface area (Å²) in [6.45, 7) is 10.1. The maximum atomic E-state index is 12.3. The summed E-state index contributed by atoms with van der Waals surface area (Å²) in [5, 5.41) is 4.01. The molecule has 114 valence electrons. The minimum Gasteiger partial charge on any atom is -0.466 e. The van der Waals surface area contributed by atoms with E-state index in [0.29, 0.717) is 6.61 Å². The van der Waals surface area contributed by atoms with E-state index in [0.717, 1.165) is 18.6 Å². The molecule has 1 aliphatic rings. The molecule has 0 radical (unpaired) electrons. The van der Waals surface area contributed by atoms with Crippen molar-refractivity contribution in [1.82, 2.24) is 5.43 Å². The summed E-state index contributed by atoms with van der Waals surface area (Å²) in [6.07, 6.45) is 1.57. The van der Waals surface area contributed by atoms with Crippen LogP contribution in [-0.4, -0.2) is 24.3 Å². The van der Waals surface area contributed by atoms with Crippen molar-refractivity contribution in [2.75, 3.05) is 6.61 Å². The molecule has 20 heavy (non-hydrogen) atoms. The number of nitrogens with zero attached hydrogens (tertiary/aromatic N) is 1. The van der Waals surface area contributed by atoms with Crippen molar-refractivity contribution < 1.29 is 14.3 Å². The number of ether oxygens (including phenoxy) is 1. The highest BCUT2D eigenvalue weighted by atomic mass is 16.5. The number of primary amides is 1. The van der Waals surface area contributed by atoms with Crippen molar-refractivity contribution in [3.8, 4) is 0 Å². The zero-order valence-electron chi connectivity index (χ0n) is 12.9. The van der Waals surface area contributed by atoms with Crippen LogP contribution in [0.4, 0.5) is 4.79 Å². The maximum absolute atomic E-state index is 12.3. The summed E-state index contributed by atoms with van der Waals surface area (Å²) in [5.74, 6) is -0.0630. The number of esters is 1. The van der Waals surface area contributed by atoms with Crippen LogP contribution in [0.2, 0.25) is 0 Å². The topological polar surface area (TPSA) is 93.8 Å². The van der Waals surface area contributed by atoms with E-state index in [1.807, 2.05) is 34.6 Å². The molecule has 0 heterocycles. The number of hydrazone groups is 1. The Kier molecular flexibility index (Phi) is 4.78. The molecule has 0 spiro atoms. The first-order chi connectivity index (χ1) is 9.16. The fraction of sp³-hybridized carbons (Fsp3) is 0.786. The van der Waals surface area contributed by atoms with Crippen molar-refractivity contribution in [1.29, 1.82) is 0 Å². The maximum Gasteiger partial charge on any atom is 0.332 e. The van der Waals surface area contributed by atoms with Crippen LogP contribution in [0.25, 0.3) is 0 Å². The largest absolute Gasteiger partial charge is 0.466 e. The Hall–Kier alpha value is -1.59. The van der Waals surface area contributed by atoms with Gasteiger partial charge in [-0.25, -0.2) is 10.2 Å². The number of amides is 2. The summed E-state index contributed by atoms with van der Waals surface area (Å²) in [4.78, 5) is 23.0. The Labute approximate surface area is 120 Å². The number of hydrogen-bond acceptors (Lipinski definition) is 4. The third kappa shape index (κ3) is 2.78. The second-order valence-corrected chi connectivity index (χ2v) is 6.09. The van der Waals surface area contributed by atoms with Gasteiger partial charge < -0.3 is 10.5 Å². The van der Waals surface area contributed by atoms with Gasteiger partial charge in [-0.1, -0.05) is 13.8 Å². The van der Waals surface area contributed by atoms with E-state index in [2.05, 4.69) is 10.5 Å². The Bertz CT molecular complexity index is 431. The molecule has 0 aliphatic heterocycles. The van der Waals surface area contributed by atoms with Gasteiger partial charge in [0.25, 0.3) is 0 Å². The summed E-state index contributed by atoms with van der Waals surface area (Å²) < 4.78 is 5.22. The molecule has 2 atom stereocenters. The molecule has 1 fully saturated rings. The first-order valence-electron chi connectivity index (χ1n) is 6.93. The van der Waals surface area contributed by atoms with Gasteiger partial charge in [0, 0.05) is 11.6 Å². The third-order valence-corrected chi connectivity index (χ3v) is 4.80. The molecule has 1 saturated carbocycles. The van der Waals surface area contributed by atoms with Gasteiger partial charge in [0.05, 0.1) is 12.0 Å². The zero-order valence-corrected chi connectivity index (χ0v) is 12.9. The van der Waals surface area contributed by atoms with Gasteiger partial charge in [0.15, 0.2) is 0 Å². The minimum absolute atomic E-state index is 0.101. The molecule has 0 aromatic carbocycles. The fourth-order valence-corrected chi connectivity index (χ4v) is 3.11. The van der Waals surface area contributed by atoms with E-state index in [1.165, 1.54) is 0 Å². The van der Waals surface area contributed by atoms with Gasteiger partial charge in [0.2, 0.25) is 0 Å². The predicted molar refractivity (Wildman–Crippen MR) is 77.1 cm³/mol. The molecule has 1 aliphatic carbocycles. The van der Waals surface area contributed by atoms with Crippen LogP contribution in [0.15, 0.2) is 5.10 Å². The van der Waals surface area contributed by atoms with Gasteiger partial charge in [-0.3, -0.25) is 4.79 Å². The second kappa shape index (κ2) is 5.81. The highest BCUT2D eigenvalue weighted by Gasteiger charge is 2.57. The first kappa shape index (κ1) is 16.5. The van der Waals surface area contributed by atoms with Gasteiger partial charge in [-0.15, -0.1) is 0 Å². The monoisotopic (exact) mass is 283 g/mol. The Morgan fingerprint density at radius 1 is 1.40 bits per heavy atom. The molecule has 2 amide bonds. The summed E-state index contributed by atoms with van der Waals surface area (Å²) in [7, 11) is 0. The normalized spacial score (nSPS) is 29.1. The van der Waals surface area contributed by atoms with Crippen molar-refractivity contribution in [3.63, 3.8) is 0 Å². The number of carbonyl (C=O) groups is 2. The van der Waals surface area contributed by atoms with Gasteiger partial charge in [-0.2, -0.15) is 5.10 Å². The van der Waals surface area contributed by atoms with Crippen LogP contribution in [0.3, 0.4) is 0 Å². The van der Waals surface area contributed by atoms with Crippen molar-refractivity contribution in [2.45, 2.75) is 47.5 Å². The van der Waals surface area contributed by atoms with Crippen LogP contribution in [0.1, 0.15) is 47.5 Å². The Balaban J connectivity index is 2.97. The smallest absolute Gasteiger partial charge is 0.332 e. The molecule has 0 bridgehead atoms. The zero-order chi connectivity index (χ0) is 15.6. The van der Waals surface area contributed by atoms with Crippen LogP contribution < -0.4 is 11.2 Å². The van der Waals surface area contributed by atoms with E-state index in [1.54, 1.807) is 0 Å². The van der Waals surface area contributed by atoms with E-state index >= 15 is 0 Å². The minimum atomic E-state index is -0.687.